The minimum Gasteiger partial charge on any atom is -0.356 e. The second-order valence-electron chi connectivity index (χ2n) is 11.3. The van der Waals surface area contributed by atoms with Gasteiger partial charge in [-0.2, -0.15) is 0 Å². The van der Waals surface area contributed by atoms with E-state index in [4.69, 9.17) is 39.7 Å². The molecule has 0 saturated carbocycles. The van der Waals surface area contributed by atoms with Gasteiger partial charge in [-0.1, -0.05) is 41.3 Å². The minimum atomic E-state index is -1.46. The molecule has 1 aromatic heterocycles. The van der Waals surface area contributed by atoms with Crippen LogP contribution in [0.5, 0.6) is 0 Å². The summed E-state index contributed by atoms with van der Waals surface area (Å²) in [4.78, 5) is 20.2. The molecule has 1 fully saturated rings. The van der Waals surface area contributed by atoms with Crippen LogP contribution in [-0.4, -0.2) is 31.6 Å². The highest BCUT2D eigenvalue weighted by Gasteiger charge is 2.49. The first-order valence-electron chi connectivity index (χ1n) is 13.0. The van der Waals surface area contributed by atoms with Crippen LogP contribution >= 0.6 is 23.2 Å². The van der Waals surface area contributed by atoms with E-state index >= 15 is 0 Å². The number of aryl methyl sites for hydroxylation is 1. The number of nitrogens with two attached hydrogens (primary N) is 1. The number of aromatic nitrogens is 2. The van der Waals surface area contributed by atoms with Crippen molar-refractivity contribution in [3.8, 4) is 18.0 Å². The molecule has 9 heteroatoms. The average molecular weight is 584 g/mol. The van der Waals surface area contributed by atoms with E-state index in [-0.39, 0.29) is 16.9 Å². The topological polar surface area (TPSA) is 81.2 Å². The SMILES string of the molecule is C#Cc1ccc2c(c1)[C@@H](CC(C)(C)S(N)=O)C1(CCN(c3cc(=O)n(-c4cccc(Cl)c4Cl)c(C)n3)CC1)C2. The van der Waals surface area contributed by atoms with Gasteiger partial charge in [-0.05, 0) is 93.2 Å². The van der Waals surface area contributed by atoms with E-state index in [9.17, 15) is 9.00 Å². The zero-order valence-electron chi connectivity index (χ0n) is 22.3. The standard InChI is InChI=1S/C30H32Cl2N4O2S/c1-5-20-9-10-21-17-30(23(22(21)15-20)18-29(3,4)39(33)38)11-13-35(14-12-30)26-16-27(37)36(19(2)34-26)25-8-6-7-24(31)28(25)32/h1,6-10,15-16,23H,11-14,17-18,33H2,2-4H3/t23-,39?/m1/s1. The number of nitrogens with zero attached hydrogens (tertiary/aromatic N) is 3. The highest BCUT2D eigenvalue weighted by molar-refractivity contribution is 7.84. The van der Waals surface area contributed by atoms with Crippen LogP contribution in [-0.2, 0) is 17.4 Å². The Morgan fingerprint density at radius 1 is 1.21 bits per heavy atom. The van der Waals surface area contributed by atoms with Gasteiger partial charge in [0.2, 0.25) is 0 Å². The van der Waals surface area contributed by atoms with Crippen LogP contribution in [0.25, 0.3) is 5.69 Å². The molecule has 1 saturated heterocycles. The second kappa shape index (κ2) is 10.4. The maximum Gasteiger partial charge on any atom is 0.260 e. The largest absolute Gasteiger partial charge is 0.356 e. The molecule has 1 unspecified atom stereocenters. The number of terminal acetylenes is 1. The van der Waals surface area contributed by atoms with Crippen LogP contribution in [0.4, 0.5) is 5.82 Å². The summed E-state index contributed by atoms with van der Waals surface area (Å²) >= 11 is 12.6. The molecule has 0 bridgehead atoms. The molecule has 1 aliphatic heterocycles. The fourth-order valence-corrected chi connectivity index (χ4v) is 7.02. The molecular weight excluding hydrogens is 551 g/mol. The molecule has 2 heterocycles. The van der Waals surface area contributed by atoms with Gasteiger partial charge in [0.1, 0.15) is 11.6 Å². The summed E-state index contributed by atoms with van der Waals surface area (Å²) in [7, 11) is -1.46. The average Bonchev–Trinajstić information content (AvgIpc) is 3.17. The lowest BCUT2D eigenvalue weighted by atomic mass is 9.66. The van der Waals surface area contributed by atoms with Crippen LogP contribution in [0, 0.1) is 24.7 Å². The molecule has 6 nitrogen and oxygen atoms in total. The number of benzene rings is 2. The fourth-order valence-electron chi connectivity index (χ4n) is 6.31. The maximum atomic E-state index is 13.2. The third-order valence-corrected chi connectivity index (χ3v) is 10.6. The van der Waals surface area contributed by atoms with Crippen molar-refractivity contribution in [3.63, 3.8) is 0 Å². The molecule has 1 spiro atoms. The van der Waals surface area contributed by atoms with Gasteiger partial charge in [0, 0.05) is 24.7 Å². The van der Waals surface area contributed by atoms with Gasteiger partial charge in [-0.25, -0.2) is 9.19 Å². The molecule has 2 N–H and O–H groups in total. The second-order valence-corrected chi connectivity index (χ2v) is 13.8. The number of piperidine rings is 1. The summed E-state index contributed by atoms with van der Waals surface area (Å²) in [5.41, 5.74) is 3.73. The smallest absolute Gasteiger partial charge is 0.260 e. The molecule has 3 aromatic rings. The van der Waals surface area contributed by atoms with Crippen molar-refractivity contribution in [2.75, 3.05) is 18.0 Å². The van der Waals surface area contributed by atoms with E-state index in [2.05, 4.69) is 23.0 Å². The summed E-state index contributed by atoms with van der Waals surface area (Å²) in [6.45, 7) is 7.26. The Morgan fingerprint density at radius 2 is 1.92 bits per heavy atom. The summed E-state index contributed by atoms with van der Waals surface area (Å²) in [6, 6.07) is 13.1. The Balaban J connectivity index is 1.43. The predicted octanol–water partition coefficient (Wildman–Crippen LogP) is 5.55. The quantitative estimate of drug-likeness (QED) is 0.400. The van der Waals surface area contributed by atoms with Crippen molar-refractivity contribution in [2.45, 2.75) is 57.1 Å². The number of fused-ring (bicyclic) bond motifs is 1. The van der Waals surface area contributed by atoms with Gasteiger partial charge in [-0.3, -0.25) is 14.5 Å². The van der Waals surface area contributed by atoms with Crippen molar-refractivity contribution < 1.29 is 4.21 Å². The fraction of sp³-hybridized carbons (Fsp3) is 0.400. The summed E-state index contributed by atoms with van der Waals surface area (Å²) in [5.74, 6) is 4.16. The first-order chi connectivity index (χ1) is 18.5. The van der Waals surface area contributed by atoms with Crippen molar-refractivity contribution in [1.29, 1.82) is 0 Å². The normalized spacial score (nSPS) is 19.1. The number of rotatable bonds is 5. The van der Waals surface area contributed by atoms with Gasteiger partial charge < -0.3 is 4.90 Å². The van der Waals surface area contributed by atoms with Crippen molar-refractivity contribution in [2.24, 2.45) is 10.6 Å². The van der Waals surface area contributed by atoms with Crippen molar-refractivity contribution >= 4 is 40.0 Å². The molecule has 5 rings (SSSR count). The molecule has 1 aliphatic carbocycles. The molecule has 39 heavy (non-hydrogen) atoms. The third-order valence-electron chi connectivity index (χ3n) is 8.54. The first kappa shape index (κ1) is 27.9. The Morgan fingerprint density at radius 3 is 2.56 bits per heavy atom. The molecule has 0 radical (unpaired) electrons. The van der Waals surface area contributed by atoms with Gasteiger partial charge in [0.25, 0.3) is 5.56 Å². The lowest BCUT2D eigenvalue weighted by molar-refractivity contribution is 0.170. The van der Waals surface area contributed by atoms with Crippen molar-refractivity contribution in [3.05, 3.63) is 85.4 Å². The summed E-state index contributed by atoms with van der Waals surface area (Å²) in [6.07, 6.45) is 9.21. The first-order valence-corrected chi connectivity index (χ1v) is 15.0. The molecule has 2 aromatic carbocycles. The number of hydrogen-bond donors (Lipinski definition) is 1. The van der Waals surface area contributed by atoms with Gasteiger partial charge in [-0.15, -0.1) is 6.42 Å². The van der Waals surface area contributed by atoms with E-state index in [0.29, 0.717) is 33.8 Å². The van der Waals surface area contributed by atoms with Crippen LogP contribution in [0.3, 0.4) is 0 Å². The van der Waals surface area contributed by atoms with Gasteiger partial charge in [0.15, 0.2) is 0 Å². The molecule has 2 atom stereocenters. The zero-order valence-corrected chi connectivity index (χ0v) is 24.7. The Kier molecular flexibility index (Phi) is 7.45. The van der Waals surface area contributed by atoms with Gasteiger partial charge >= 0.3 is 0 Å². The highest BCUT2D eigenvalue weighted by atomic mass is 35.5. The van der Waals surface area contributed by atoms with Crippen LogP contribution in [0.1, 0.15) is 61.5 Å². The van der Waals surface area contributed by atoms with Gasteiger partial charge in [0.05, 0.1) is 31.5 Å². The maximum absolute atomic E-state index is 13.2. The van der Waals surface area contributed by atoms with Crippen LogP contribution in [0.15, 0.2) is 47.3 Å². The molecular formula is C30H32Cl2N4O2S. The summed E-state index contributed by atoms with van der Waals surface area (Å²) in [5, 5.41) is 6.62. The lowest BCUT2D eigenvalue weighted by Gasteiger charge is -2.45. The van der Waals surface area contributed by atoms with Crippen LogP contribution in [0.2, 0.25) is 10.0 Å². The lowest BCUT2D eigenvalue weighted by Crippen LogP contribution is -2.45. The molecule has 204 valence electrons. The monoisotopic (exact) mass is 582 g/mol. The summed E-state index contributed by atoms with van der Waals surface area (Å²) < 4.78 is 13.4. The zero-order chi connectivity index (χ0) is 28.1. The van der Waals surface area contributed by atoms with Crippen molar-refractivity contribution in [1.82, 2.24) is 9.55 Å². The van der Waals surface area contributed by atoms with Crippen LogP contribution < -0.4 is 15.6 Å². The van der Waals surface area contributed by atoms with E-state index in [1.165, 1.54) is 15.7 Å². The Labute approximate surface area is 242 Å². The molecule has 0 amide bonds. The number of hydrogen-bond acceptors (Lipinski definition) is 4. The highest BCUT2D eigenvalue weighted by Crippen LogP contribution is 2.56. The van der Waals surface area contributed by atoms with E-state index in [0.717, 1.165) is 37.9 Å². The van der Waals surface area contributed by atoms with E-state index in [1.54, 1.807) is 31.2 Å². The Bertz CT molecular complexity index is 1570. The number of halogens is 2. The van der Waals surface area contributed by atoms with E-state index < -0.39 is 15.7 Å². The third kappa shape index (κ3) is 5.04. The minimum absolute atomic E-state index is 0.00103. The molecule has 2 aliphatic rings. The predicted molar refractivity (Wildman–Crippen MR) is 160 cm³/mol. The van der Waals surface area contributed by atoms with E-state index in [1.807, 2.05) is 19.9 Å². The Hall–Kier alpha value is -2.63. The number of anilines is 1.